The molecule has 1 aromatic rings. The minimum absolute atomic E-state index is 0.175. The Labute approximate surface area is 121 Å². The molecule has 0 aliphatic carbocycles. The van der Waals surface area contributed by atoms with Crippen molar-refractivity contribution in [1.29, 1.82) is 0 Å². The molecule has 1 aliphatic rings. The molecule has 0 bridgehead atoms. The van der Waals surface area contributed by atoms with Gasteiger partial charge in [0.1, 0.15) is 11.0 Å². The second-order valence-electron chi connectivity index (χ2n) is 5.52. The van der Waals surface area contributed by atoms with Crippen LogP contribution in [0.4, 0.5) is 19.0 Å². The van der Waals surface area contributed by atoms with E-state index in [0.29, 0.717) is 13.1 Å². The Balaban J connectivity index is 2.20. The van der Waals surface area contributed by atoms with E-state index >= 15 is 0 Å². The summed E-state index contributed by atoms with van der Waals surface area (Å²) in [7, 11) is 0. The van der Waals surface area contributed by atoms with E-state index in [9.17, 15) is 13.2 Å². The average molecular weight is 308 g/mol. The standard InChI is InChI=1S/C13H17ClF3N3/c1-3-12(2)4-6-20(7-5-12)10-8-9(14)18-11(19-10)13(15,16)17/h8H,3-7H2,1-2H3. The van der Waals surface area contributed by atoms with Crippen LogP contribution in [0.2, 0.25) is 5.15 Å². The highest BCUT2D eigenvalue weighted by Gasteiger charge is 2.36. The predicted molar refractivity (Wildman–Crippen MR) is 71.9 cm³/mol. The number of alkyl halides is 3. The molecule has 1 saturated heterocycles. The van der Waals surface area contributed by atoms with Crippen molar-refractivity contribution in [3.05, 3.63) is 17.0 Å². The molecular formula is C13H17ClF3N3. The molecule has 0 unspecified atom stereocenters. The average Bonchev–Trinajstić information content (AvgIpc) is 2.38. The highest BCUT2D eigenvalue weighted by Crippen LogP contribution is 2.36. The van der Waals surface area contributed by atoms with Gasteiger partial charge in [-0.05, 0) is 18.3 Å². The molecule has 2 heterocycles. The maximum Gasteiger partial charge on any atom is 0.451 e. The van der Waals surface area contributed by atoms with E-state index in [1.807, 2.05) is 4.90 Å². The zero-order chi connectivity index (χ0) is 15.0. The normalized spacial score (nSPS) is 19.2. The van der Waals surface area contributed by atoms with Crippen molar-refractivity contribution in [1.82, 2.24) is 9.97 Å². The Morgan fingerprint density at radius 3 is 2.40 bits per heavy atom. The number of aromatic nitrogens is 2. The zero-order valence-electron chi connectivity index (χ0n) is 11.5. The van der Waals surface area contributed by atoms with Gasteiger partial charge in [-0.3, -0.25) is 0 Å². The largest absolute Gasteiger partial charge is 0.451 e. The van der Waals surface area contributed by atoms with Crippen LogP contribution in [0.5, 0.6) is 0 Å². The summed E-state index contributed by atoms with van der Waals surface area (Å²) in [6.45, 7) is 5.72. The van der Waals surface area contributed by atoms with Gasteiger partial charge in [0.15, 0.2) is 0 Å². The summed E-state index contributed by atoms with van der Waals surface area (Å²) in [5.74, 6) is -0.917. The SMILES string of the molecule is CCC1(C)CCN(c2cc(Cl)nc(C(F)(F)F)n2)CC1. The second-order valence-corrected chi connectivity index (χ2v) is 5.91. The number of hydrogen-bond acceptors (Lipinski definition) is 3. The molecule has 0 aromatic carbocycles. The van der Waals surface area contributed by atoms with Crippen molar-refractivity contribution >= 4 is 17.4 Å². The lowest BCUT2D eigenvalue weighted by Crippen LogP contribution is -2.39. The predicted octanol–water partition coefficient (Wildman–Crippen LogP) is 4.17. The van der Waals surface area contributed by atoms with Gasteiger partial charge in [-0.25, -0.2) is 9.97 Å². The maximum atomic E-state index is 12.7. The lowest BCUT2D eigenvalue weighted by atomic mass is 9.78. The molecule has 1 fully saturated rings. The van der Waals surface area contributed by atoms with Crippen LogP contribution < -0.4 is 4.90 Å². The number of nitrogens with zero attached hydrogens (tertiary/aromatic N) is 3. The van der Waals surface area contributed by atoms with E-state index in [0.717, 1.165) is 19.3 Å². The smallest absolute Gasteiger partial charge is 0.356 e. The van der Waals surface area contributed by atoms with E-state index < -0.39 is 12.0 Å². The Kier molecular flexibility index (Phi) is 4.14. The van der Waals surface area contributed by atoms with Gasteiger partial charge < -0.3 is 4.90 Å². The molecule has 0 amide bonds. The van der Waals surface area contributed by atoms with Gasteiger partial charge in [-0.2, -0.15) is 13.2 Å². The highest BCUT2D eigenvalue weighted by molar-refractivity contribution is 6.29. The molecular weight excluding hydrogens is 291 g/mol. The molecule has 3 nitrogen and oxygen atoms in total. The number of piperidine rings is 1. The molecule has 0 N–H and O–H groups in total. The number of hydrogen-bond donors (Lipinski definition) is 0. The fraction of sp³-hybridized carbons (Fsp3) is 0.692. The van der Waals surface area contributed by atoms with E-state index in [1.54, 1.807) is 0 Å². The second kappa shape index (κ2) is 5.39. The molecule has 0 atom stereocenters. The third-order valence-corrected chi connectivity index (χ3v) is 4.28. The van der Waals surface area contributed by atoms with Gasteiger partial charge in [0.2, 0.25) is 5.82 Å². The minimum atomic E-state index is -4.58. The lowest BCUT2D eigenvalue weighted by molar-refractivity contribution is -0.144. The van der Waals surface area contributed by atoms with Gasteiger partial charge >= 0.3 is 6.18 Å². The summed E-state index contributed by atoms with van der Waals surface area (Å²) >= 11 is 5.68. The number of anilines is 1. The molecule has 112 valence electrons. The lowest BCUT2D eigenvalue weighted by Gasteiger charge is -2.39. The topological polar surface area (TPSA) is 29.0 Å². The molecule has 7 heteroatoms. The Hall–Kier alpha value is -1.04. The molecule has 0 saturated carbocycles. The number of halogens is 4. The van der Waals surface area contributed by atoms with E-state index in [4.69, 9.17) is 11.6 Å². The van der Waals surface area contributed by atoms with Crippen molar-refractivity contribution in [3.63, 3.8) is 0 Å². The van der Waals surface area contributed by atoms with Crippen LogP contribution >= 0.6 is 11.6 Å². The van der Waals surface area contributed by atoms with Crippen molar-refractivity contribution in [3.8, 4) is 0 Å². The Bertz CT molecular complexity index is 482. The van der Waals surface area contributed by atoms with Crippen LogP contribution in [-0.2, 0) is 6.18 Å². The van der Waals surface area contributed by atoms with E-state index in [2.05, 4.69) is 23.8 Å². The van der Waals surface area contributed by atoms with Crippen LogP contribution in [0.15, 0.2) is 6.07 Å². The maximum absolute atomic E-state index is 12.7. The van der Waals surface area contributed by atoms with Crippen LogP contribution in [0.25, 0.3) is 0 Å². The first-order valence-corrected chi connectivity index (χ1v) is 6.98. The third kappa shape index (κ3) is 3.34. The first-order valence-electron chi connectivity index (χ1n) is 6.60. The molecule has 1 aromatic heterocycles. The minimum Gasteiger partial charge on any atom is -0.356 e. The van der Waals surface area contributed by atoms with Crippen molar-refractivity contribution in [2.75, 3.05) is 18.0 Å². The number of rotatable bonds is 2. The summed E-state index contributed by atoms with van der Waals surface area (Å²) in [5, 5.41) is -0.175. The van der Waals surface area contributed by atoms with E-state index in [1.165, 1.54) is 6.07 Å². The first kappa shape index (κ1) is 15.4. The summed E-state index contributed by atoms with van der Waals surface area (Å²) in [6.07, 6.45) is -1.63. The molecule has 1 aliphatic heterocycles. The highest BCUT2D eigenvalue weighted by atomic mass is 35.5. The van der Waals surface area contributed by atoms with E-state index in [-0.39, 0.29) is 16.4 Å². The van der Waals surface area contributed by atoms with Gasteiger partial charge in [-0.1, -0.05) is 31.9 Å². The van der Waals surface area contributed by atoms with Gasteiger partial charge in [0.25, 0.3) is 0 Å². The third-order valence-electron chi connectivity index (χ3n) is 4.08. The molecule has 0 radical (unpaired) electrons. The van der Waals surface area contributed by atoms with Gasteiger partial charge in [0, 0.05) is 19.2 Å². The fourth-order valence-corrected chi connectivity index (χ4v) is 2.50. The van der Waals surface area contributed by atoms with Crippen LogP contribution in [0, 0.1) is 5.41 Å². The van der Waals surface area contributed by atoms with Crippen molar-refractivity contribution in [2.45, 2.75) is 39.3 Å². The van der Waals surface area contributed by atoms with Crippen LogP contribution in [0.3, 0.4) is 0 Å². The van der Waals surface area contributed by atoms with Gasteiger partial charge in [0.05, 0.1) is 0 Å². The Morgan fingerprint density at radius 1 is 1.30 bits per heavy atom. The summed E-state index contributed by atoms with van der Waals surface area (Å²) in [4.78, 5) is 8.70. The van der Waals surface area contributed by atoms with Crippen molar-refractivity contribution in [2.24, 2.45) is 5.41 Å². The summed E-state index contributed by atoms with van der Waals surface area (Å²) in [5.41, 5.74) is 0.264. The van der Waals surface area contributed by atoms with Crippen LogP contribution in [0.1, 0.15) is 38.9 Å². The first-order chi connectivity index (χ1) is 9.23. The zero-order valence-corrected chi connectivity index (χ0v) is 12.2. The summed E-state index contributed by atoms with van der Waals surface area (Å²) in [6, 6.07) is 1.39. The molecule has 2 rings (SSSR count). The molecule has 20 heavy (non-hydrogen) atoms. The van der Waals surface area contributed by atoms with Crippen molar-refractivity contribution < 1.29 is 13.2 Å². The fourth-order valence-electron chi connectivity index (χ4n) is 2.32. The van der Waals surface area contributed by atoms with Gasteiger partial charge in [-0.15, -0.1) is 0 Å². The molecule has 0 spiro atoms. The monoisotopic (exact) mass is 307 g/mol. The Morgan fingerprint density at radius 2 is 1.90 bits per heavy atom. The summed E-state index contributed by atoms with van der Waals surface area (Å²) < 4.78 is 38.1. The quantitative estimate of drug-likeness (QED) is 0.768. The van der Waals surface area contributed by atoms with Crippen LogP contribution in [-0.4, -0.2) is 23.1 Å².